The molecular weight excluding hydrogens is 444 g/mol. The van der Waals surface area contributed by atoms with E-state index in [4.69, 9.17) is 14.2 Å². The van der Waals surface area contributed by atoms with Gasteiger partial charge >= 0.3 is 0 Å². The molecule has 178 valence electrons. The fourth-order valence-corrected chi connectivity index (χ4v) is 5.84. The summed E-state index contributed by atoms with van der Waals surface area (Å²) in [7, 11) is -3.74. The minimum absolute atomic E-state index is 0.108. The third-order valence-electron chi connectivity index (χ3n) is 5.77. The van der Waals surface area contributed by atoms with Crippen molar-refractivity contribution >= 4 is 15.9 Å². The number of carbonyl (C=O) groups excluding carboxylic acids is 1. The first kappa shape index (κ1) is 23.5. The molecule has 0 saturated carbocycles. The highest BCUT2D eigenvalue weighted by Crippen LogP contribution is 2.31. The number of para-hydroxylation sites is 2. The second kappa shape index (κ2) is 9.70. The average molecular weight is 475 g/mol. The summed E-state index contributed by atoms with van der Waals surface area (Å²) in [6, 6.07) is 13.7. The Morgan fingerprint density at radius 3 is 2.45 bits per heavy atom. The normalized spacial score (nSPS) is 23.2. The van der Waals surface area contributed by atoms with E-state index in [-0.39, 0.29) is 42.2 Å². The van der Waals surface area contributed by atoms with Crippen LogP contribution >= 0.6 is 0 Å². The molecule has 8 nitrogen and oxygen atoms in total. The van der Waals surface area contributed by atoms with Crippen LogP contribution in [0.25, 0.3) is 0 Å². The molecule has 2 aromatic carbocycles. The van der Waals surface area contributed by atoms with Gasteiger partial charge in [0.25, 0.3) is 5.91 Å². The number of rotatable bonds is 6. The number of sulfonamides is 1. The number of nitrogens with zero attached hydrogens (tertiary/aromatic N) is 2. The molecule has 3 atom stereocenters. The molecule has 1 saturated heterocycles. The molecule has 9 heteroatoms. The molecule has 0 spiro atoms. The molecular formula is C24H30N2O6S. The van der Waals surface area contributed by atoms with Gasteiger partial charge in [-0.25, -0.2) is 8.42 Å². The van der Waals surface area contributed by atoms with Gasteiger partial charge in [-0.3, -0.25) is 4.79 Å². The summed E-state index contributed by atoms with van der Waals surface area (Å²) in [4.78, 5) is 15.0. The first-order chi connectivity index (χ1) is 15.8. The number of hydrogen-bond donors (Lipinski definition) is 0. The minimum atomic E-state index is -3.74. The second-order valence-corrected chi connectivity index (χ2v) is 10.4. The number of morpholine rings is 1. The quantitative estimate of drug-likeness (QED) is 0.640. The maximum absolute atomic E-state index is 13.3. The lowest BCUT2D eigenvalue weighted by Crippen LogP contribution is -2.48. The van der Waals surface area contributed by atoms with Crippen molar-refractivity contribution in [3.05, 3.63) is 54.1 Å². The fraction of sp³-hybridized carbons (Fsp3) is 0.458. The van der Waals surface area contributed by atoms with Gasteiger partial charge < -0.3 is 19.1 Å². The van der Waals surface area contributed by atoms with Gasteiger partial charge in [0, 0.05) is 25.2 Å². The van der Waals surface area contributed by atoms with Crippen LogP contribution in [0.1, 0.15) is 31.1 Å². The summed E-state index contributed by atoms with van der Waals surface area (Å²) in [5.41, 5.74) is 0.324. The van der Waals surface area contributed by atoms with Crippen LogP contribution in [0.4, 0.5) is 0 Å². The van der Waals surface area contributed by atoms with Gasteiger partial charge in [-0.2, -0.15) is 4.31 Å². The van der Waals surface area contributed by atoms with E-state index in [0.717, 1.165) is 0 Å². The van der Waals surface area contributed by atoms with Gasteiger partial charge in [0.2, 0.25) is 10.0 Å². The molecule has 4 rings (SSSR count). The Hall–Kier alpha value is -2.62. The highest BCUT2D eigenvalue weighted by molar-refractivity contribution is 7.89. The zero-order valence-electron chi connectivity index (χ0n) is 19.1. The summed E-state index contributed by atoms with van der Waals surface area (Å²) < 4.78 is 45.3. The molecule has 1 fully saturated rings. The first-order valence-corrected chi connectivity index (χ1v) is 12.7. The van der Waals surface area contributed by atoms with E-state index in [1.54, 1.807) is 17.0 Å². The highest BCUT2D eigenvalue weighted by atomic mass is 32.2. The topological polar surface area (TPSA) is 85.4 Å². The van der Waals surface area contributed by atoms with Crippen molar-refractivity contribution in [2.24, 2.45) is 0 Å². The monoisotopic (exact) mass is 474 g/mol. The van der Waals surface area contributed by atoms with Crippen molar-refractivity contribution in [1.29, 1.82) is 0 Å². The summed E-state index contributed by atoms with van der Waals surface area (Å²) in [5.74, 6) is 1.09. The van der Waals surface area contributed by atoms with E-state index in [2.05, 4.69) is 0 Å². The van der Waals surface area contributed by atoms with Gasteiger partial charge in [0.05, 0.1) is 23.6 Å². The van der Waals surface area contributed by atoms with E-state index >= 15 is 0 Å². The van der Waals surface area contributed by atoms with Crippen molar-refractivity contribution in [2.75, 3.05) is 32.8 Å². The zero-order valence-corrected chi connectivity index (χ0v) is 20.0. The Labute approximate surface area is 195 Å². The largest absolute Gasteiger partial charge is 0.486 e. The molecule has 0 N–H and O–H groups in total. The van der Waals surface area contributed by atoms with Crippen LogP contribution in [0.15, 0.2) is 53.4 Å². The van der Waals surface area contributed by atoms with E-state index in [0.29, 0.717) is 36.8 Å². The molecule has 0 aromatic heterocycles. The molecule has 3 unspecified atom stereocenters. The van der Waals surface area contributed by atoms with Crippen molar-refractivity contribution in [3.63, 3.8) is 0 Å². The first-order valence-electron chi connectivity index (χ1n) is 11.2. The van der Waals surface area contributed by atoms with Crippen molar-refractivity contribution in [1.82, 2.24) is 9.21 Å². The SMILES string of the molecule is CCN(CC1COc2ccccc2O1)C(=O)c1cccc(S(=O)(=O)N2CC(C)OC(C)C2)c1. The molecule has 2 heterocycles. The standard InChI is InChI=1S/C24H30N2O6S/c1-4-25(15-20-16-30-22-10-5-6-11-23(22)32-20)24(27)19-8-7-9-21(12-19)33(28,29)26-13-17(2)31-18(3)14-26/h5-12,17-18,20H,4,13-16H2,1-3H3. The number of fused-ring (bicyclic) bond motifs is 1. The highest BCUT2D eigenvalue weighted by Gasteiger charge is 2.33. The lowest BCUT2D eigenvalue weighted by molar-refractivity contribution is -0.0440. The van der Waals surface area contributed by atoms with Crippen LogP contribution in [0.2, 0.25) is 0 Å². The molecule has 0 radical (unpaired) electrons. The maximum atomic E-state index is 13.3. The van der Waals surface area contributed by atoms with Crippen molar-refractivity contribution in [3.8, 4) is 11.5 Å². The number of ether oxygens (including phenoxy) is 3. The number of amides is 1. The maximum Gasteiger partial charge on any atom is 0.254 e. The Morgan fingerprint density at radius 2 is 1.76 bits per heavy atom. The third-order valence-corrected chi connectivity index (χ3v) is 7.59. The molecule has 33 heavy (non-hydrogen) atoms. The Balaban J connectivity index is 1.49. The summed E-state index contributed by atoms with van der Waals surface area (Å²) in [6.45, 7) is 7.28. The van der Waals surface area contributed by atoms with E-state index in [1.807, 2.05) is 45.0 Å². The Morgan fingerprint density at radius 1 is 1.06 bits per heavy atom. The molecule has 1 amide bonds. The van der Waals surface area contributed by atoms with Gasteiger partial charge in [-0.15, -0.1) is 0 Å². The van der Waals surface area contributed by atoms with Crippen molar-refractivity contribution in [2.45, 2.75) is 44.0 Å². The lowest BCUT2D eigenvalue weighted by atomic mass is 10.2. The molecule has 0 bridgehead atoms. The van der Waals surface area contributed by atoms with Gasteiger partial charge in [0.1, 0.15) is 6.61 Å². The lowest BCUT2D eigenvalue weighted by Gasteiger charge is -2.34. The third kappa shape index (κ3) is 5.15. The van der Waals surface area contributed by atoms with Gasteiger partial charge in [0.15, 0.2) is 17.6 Å². The molecule has 2 aromatic rings. The summed E-state index contributed by atoms with van der Waals surface area (Å²) in [5, 5.41) is 0. The van der Waals surface area contributed by atoms with Crippen LogP contribution < -0.4 is 9.47 Å². The van der Waals surface area contributed by atoms with E-state index in [1.165, 1.54) is 16.4 Å². The minimum Gasteiger partial charge on any atom is -0.486 e. The predicted octanol–water partition coefficient (Wildman–Crippen LogP) is 2.79. The average Bonchev–Trinajstić information content (AvgIpc) is 2.81. The second-order valence-electron chi connectivity index (χ2n) is 8.45. The fourth-order valence-electron chi connectivity index (χ4n) is 4.20. The Bertz CT molecular complexity index is 1100. The Kier molecular flexibility index (Phi) is 6.92. The number of benzene rings is 2. The van der Waals surface area contributed by atoms with Crippen LogP contribution in [-0.4, -0.2) is 74.6 Å². The van der Waals surface area contributed by atoms with Crippen molar-refractivity contribution < 1.29 is 27.4 Å². The van der Waals surface area contributed by atoms with Crippen LogP contribution in [0, 0.1) is 0 Å². The number of carbonyl (C=O) groups is 1. The number of hydrogen-bond acceptors (Lipinski definition) is 6. The zero-order chi connectivity index (χ0) is 23.6. The van der Waals surface area contributed by atoms with Crippen LogP contribution in [0.5, 0.6) is 11.5 Å². The van der Waals surface area contributed by atoms with Crippen LogP contribution in [0.3, 0.4) is 0 Å². The smallest absolute Gasteiger partial charge is 0.254 e. The van der Waals surface area contributed by atoms with Gasteiger partial charge in [-0.05, 0) is 51.1 Å². The molecule has 0 aliphatic carbocycles. The predicted molar refractivity (Wildman–Crippen MR) is 123 cm³/mol. The van der Waals surface area contributed by atoms with Gasteiger partial charge in [-0.1, -0.05) is 18.2 Å². The van der Waals surface area contributed by atoms with E-state index in [9.17, 15) is 13.2 Å². The summed E-state index contributed by atoms with van der Waals surface area (Å²) >= 11 is 0. The molecule has 2 aliphatic heterocycles. The summed E-state index contributed by atoms with van der Waals surface area (Å²) in [6.07, 6.45) is -0.689. The van der Waals surface area contributed by atoms with Crippen LogP contribution in [-0.2, 0) is 14.8 Å². The molecule has 2 aliphatic rings. The van der Waals surface area contributed by atoms with E-state index < -0.39 is 10.0 Å². The number of likely N-dealkylation sites (N-methyl/N-ethyl adjacent to an activating group) is 1.